The van der Waals surface area contributed by atoms with Crippen LogP contribution >= 0.6 is 0 Å². The molecule has 0 bridgehead atoms. The predicted molar refractivity (Wildman–Crippen MR) is 123 cm³/mol. The lowest BCUT2D eigenvalue weighted by molar-refractivity contribution is -0.138. The van der Waals surface area contributed by atoms with Crippen LogP contribution in [0, 0.1) is 5.92 Å². The number of ether oxygens (including phenoxy) is 3. The van der Waals surface area contributed by atoms with Gasteiger partial charge in [-0.3, -0.25) is 9.69 Å². The number of carbonyl (C=O) groups is 1. The number of likely N-dealkylation sites (tertiary alicyclic amines) is 1. The summed E-state index contributed by atoms with van der Waals surface area (Å²) in [4.78, 5) is 17.3. The third-order valence-corrected chi connectivity index (χ3v) is 5.97. The van der Waals surface area contributed by atoms with Crippen LogP contribution in [0.1, 0.15) is 24.0 Å². The van der Waals surface area contributed by atoms with Gasteiger partial charge in [-0.05, 0) is 49.2 Å². The summed E-state index contributed by atoms with van der Waals surface area (Å²) in [5, 5.41) is 9.46. The molecule has 0 saturated carbocycles. The number of piperidine rings is 1. The first-order chi connectivity index (χ1) is 15.6. The van der Waals surface area contributed by atoms with Crippen LogP contribution in [0.5, 0.6) is 17.2 Å². The van der Waals surface area contributed by atoms with E-state index in [0.717, 1.165) is 43.6 Å². The first-order valence-corrected chi connectivity index (χ1v) is 11.0. The van der Waals surface area contributed by atoms with Crippen LogP contribution in [0.15, 0.2) is 42.5 Å². The molecule has 1 saturated heterocycles. The quantitative estimate of drug-likeness (QED) is 0.610. The molecule has 2 aromatic rings. The Kier molecular flexibility index (Phi) is 8.76. The highest BCUT2D eigenvalue weighted by molar-refractivity contribution is 5.79. The summed E-state index contributed by atoms with van der Waals surface area (Å²) in [6, 6.07) is 13.9. The highest BCUT2D eigenvalue weighted by Crippen LogP contribution is 2.38. The van der Waals surface area contributed by atoms with Crippen molar-refractivity contribution in [3.63, 3.8) is 0 Å². The number of aliphatic hydroxyl groups excluding tert-OH is 1. The molecular formula is C25H34N2O5. The summed E-state index contributed by atoms with van der Waals surface area (Å²) in [5.74, 6) is 2.00. The number of aliphatic hydroxyl groups is 1. The van der Waals surface area contributed by atoms with E-state index in [1.165, 1.54) is 0 Å². The number of rotatable bonds is 10. The van der Waals surface area contributed by atoms with Gasteiger partial charge in [0.2, 0.25) is 11.7 Å². The molecule has 0 spiro atoms. The fraction of sp³-hybridized carbons (Fsp3) is 0.480. The van der Waals surface area contributed by atoms with Crippen LogP contribution < -0.4 is 14.2 Å². The molecule has 1 N–H and O–H groups in total. The minimum absolute atomic E-state index is 0.0125. The van der Waals surface area contributed by atoms with E-state index in [4.69, 9.17) is 14.2 Å². The van der Waals surface area contributed by atoms with Crippen molar-refractivity contribution in [1.29, 1.82) is 0 Å². The van der Waals surface area contributed by atoms with Gasteiger partial charge in [0.25, 0.3) is 0 Å². The Morgan fingerprint density at radius 2 is 1.62 bits per heavy atom. The molecule has 32 heavy (non-hydrogen) atoms. The van der Waals surface area contributed by atoms with Gasteiger partial charge in [0.15, 0.2) is 11.5 Å². The zero-order chi connectivity index (χ0) is 22.9. The van der Waals surface area contributed by atoms with Crippen LogP contribution in [-0.2, 0) is 17.9 Å². The number of benzene rings is 2. The highest BCUT2D eigenvalue weighted by Gasteiger charge is 2.29. The summed E-state index contributed by atoms with van der Waals surface area (Å²) in [6.45, 7) is 3.29. The smallest absolute Gasteiger partial charge is 0.226 e. The first kappa shape index (κ1) is 23.9. The van der Waals surface area contributed by atoms with Crippen molar-refractivity contribution in [2.45, 2.75) is 25.9 Å². The Morgan fingerprint density at radius 3 is 2.16 bits per heavy atom. The molecule has 7 nitrogen and oxygen atoms in total. The fourth-order valence-electron chi connectivity index (χ4n) is 4.27. The molecule has 1 aliphatic heterocycles. The predicted octanol–water partition coefficient (Wildman–Crippen LogP) is 2.95. The van der Waals surface area contributed by atoms with Crippen molar-refractivity contribution in [1.82, 2.24) is 9.80 Å². The lowest BCUT2D eigenvalue weighted by atomic mass is 9.94. The normalized spacial score (nSPS) is 14.8. The zero-order valence-electron chi connectivity index (χ0n) is 19.3. The minimum atomic E-state index is -0.0292. The topological polar surface area (TPSA) is 71.5 Å². The molecule has 1 heterocycles. The number of hydrogen-bond acceptors (Lipinski definition) is 6. The molecular weight excluding hydrogens is 408 g/mol. The minimum Gasteiger partial charge on any atom is -0.493 e. The summed E-state index contributed by atoms with van der Waals surface area (Å²) in [7, 11) is 4.83. The Morgan fingerprint density at radius 1 is 1.00 bits per heavy atom. The molecule has 174 valence electrons. The van der Waals surface area contributed by atoms with E-state index >= 15 is 0 Å². The second-order valence-corrected chi connectivity index (χ2v) is 8.05. The number of methoxy groups -OCH3 is 3. The average Bonchev–Trinajstić information content (AvgIpc) is 2.83. The van der Waals surface area contributed by atoms with E-state index in [1.54, 1.807) is 26.2 Å². The molecule has 3 rings (SSSR count). The maximum atomic E-state index is 13.1. The monoisotopic (exact) mass is 442 g/mol. The van der Waals surface area contributed by atoms with E-state index in [9.17, 15) is 9.90 Å². The van der Waals surface area contributed by atoms with Crippen LogP contribution in [-0.4, -0.2) is 68.4 Å². The van der Waals surface area contributed by atoms with E-state index in [1.807, 2.05) is 42.5 Å². The van der Waals surface area contributed by atoms with Crippen LogP contribution in [0.4, 0.5) is 0 Å². The molecule has 0 unspecified atom stereocenters. The second kappa shape index (κ2) is 11.7. The van der Waals surface area contributed by atoms with Gasteiger partial charge in [-0.15, -0.1) is 0 Å². The average molecular weight is 443 g/mol. The van der Waals surface area contributed by atoms with E-state index < -0.39 is 0 Å². The summed E-state index contributed by atoms with van der Waals surface area (Å²) >= 11 is 0. The zero-order valence-corrected chi connectivity index (χ0v) is 19.3. The Balaban J connectivity index is 1.60. The number of amides is 1. The van der Waals surface area contributed by atoms with Crippen molar-refractivity contribution < 1.29 is 24.1 Å². The van der Waals surface area contributed by atoms with Gasteiger partial charge in [0.1, 0.15) is 0 Å². The molecule has 7 heteroatoms. The largest absolute Gasteiger partial charge is 0.493 e. The number of carbonyl (C=O) groups excluding carboxylic acids is 1. The van der Waals surface area contributed by atoms with Crippen molar-refractivity contribution >= 4 is 5.91 Å². The maximum absolute atomic E-state index is 13.1. The van der Waals surface area contributed by atoms with Gasteiger partial charge in [-0.1, -0.05) is 30.3 Å². The van der Waals surface area contributed by atoms with Gasteiger partial charge < -0.3 is 24.2 Å². The molecule has 0 aromatic heterocycles. The van der Waals surface area contributed by atoms with Gasteiger partial charge in [0, 0.05) is 25.6 Å². The van der Waals surface area contributed by atoms with Crippen molar-refractivity contribution in [3.05, 3.63) is 53.6 Å². The van der Waals surface area contributed by atoms with Gasteiger partial charge in [0.05, 0.1) is 27.9 Å². The van der Waals surface area contributed by atoms with Crippen LogP contribution in [0.2, 0.25) is 0 Å². The van der Waals surface area contributed by atoms with Crippen molar-refractivity contribution in [2.75, 3.05) is 47.6 Å². The van der Waals surface area contributed by atoms with Crippen LogP contribution in [0.3, 0.4) is 0 Å². The molecule has 0 atom stereocenters. The maximum Gasteiger partial charge on any atom is 0.226 e. The Hall–Kier alpha value is -2.77. The third-order valence-electron chi connectivity index (χ3n) is 5.97. The first-order valence-electron chi connectivity index (χ1n) is 11.0. The SMILES string of the molecule is COc1cc(CN2CCC(C(=O)N(CCO)Cc3ccccc3)CC2)cc(OC)c1OC. The Labute approximate surface area is 190 Å². The molecule has 1 aliphatic rings. The summed E-state index contributed by atoms with van der Waals surface area (Å²) in [6.07, 6.45) is 1.61. The van der Waals surface area contributed by atoms with E-state index in [0.29, 0.717) is 30.3 Å². The summed E-state index contributed by atoms with van der Waals surface area (Å²) < 4.78 is 16.3. The van der Waals surface area contributed by atoms with Crippen molar-refractivity contribution in [3.8, 4) is 17.2 Å². The number of hydrogen-bond donors (Lipinski definition) is 1. The molecule has 1 fully saturated rings. The molecule has 0 radical (unpaired) electrons. The molecule has 0 aliphatic carbocycles. The van der Waals surface area contributed by atoms with Crippen LogP contribution in [0.25, 0.3) is 0 Å². The standard InChI is InChI=1S/C25H34N2O5/c1-30-22-15-20(16-23(31-2)24(22)32-3)17-26-11-9-21(10-12-26)25(29)27(13-14-28)18-19-7-5-4-6-8-19/h4-8,15-16,21,28H,9-14,17-18H2,1-3H3. The Bertz CT molecular complexity index is 841. The van der Waals surface area contributed by atoms with E-state index in [2.05, 4.69) is 4.90 Å². The van der Waals surface area contributed by atoms with Gasteiger partial charge in [-0.2, -0.15) is 0 Å². The number of nitrogens with zero attached hydrogens (tertiary/aromatic N) is 2. The van der Waals surface area contributed by atoms with Gasteiger partial charge >= 0.3 is 0 Å². The van der Waals surface area contributed by atoms with E-state index in [-0.39, 0.29) is 18.4 Å². The van der Waals surface area contributed by atoms with Gasteiger partial charge in [-0.25, -0.2) is 0 Å². The second-order valence-electron chi connectivity index (χ2n) is 8.05. The lowest BCUT2D eigenvalue weighted by Crippen LogP contribution is -2.43. The molecule has 1 amide bonds. The molecule has 2 aromatic carbocycles. The lowest BCUT2D eigenvalue weighted by Gasteiger charge is -2.34. The summed E-state index contributed by atoms with van der Waals surface area (Å²) in [5.41, 5.74) is 2.16. The van der Waals surface area contributed by atoms with Crippen molar-refractivity contribution in [2.24, 2.45) is 5.92 Å². The third kappa shape index (κ3) is 5.93. The highest BCUT2D eigenvalue weighted by atomic mass is 16.5. The fourth-order valence-corrected chi connectivity index (χ4v) is 4.27.